The summed E-state index contributed by atoms with van der Waals surface area (Å²) in [7, 11) is 0. The summed E-state index contributed by atoms with van der Waals surface area (Å²) >= 11 is 0. The third-order valence-corrected chi connectivity index (χ3v) is 2.03. The van der Waals surface area contributed by atoms with Crippen LogP contribution in [0.3, 0.4) is 0 Å². The molecule has 0 amide bonds. The zero-order valence-corrected chi connectivity index (χ0v) is 9.05. The maximum atomic E-state index is 11.6. The minimum Gasteiger partial charge on any atom is -0.376 e. The van der Waals surface area contributed by atoms with Gasteiger partial charge in [0, 0.05) is 13.1 Å². The fourth-order valence-electron chi connectivity index (χ4n) is 1.40. The summed E-state index contributed by atoms with van der Waals surface area (Å²) in [5.41, 5.74) is 0. The van der Waals surface area contributed by atoms with Crippen LogP contribution in [0.4, 0.5) is 13.2 Å². The highest BCUT2D eigenvalue weighted by Crippen LogP contribution is 2.15. The van der Waals surface area contributed by atoms with Crippen molar-refractivity contribution >= 4 is 0 Å². The Morgan fingerprint density at radius 2 is 2.06 bits per heavy atom. The number of rotatable bonds is 5. The molecular formula is C9H16F3NO3. The summed E-state index contributed by atoms with van der Waals surface area (Å²) in [6.45, 7) is 3.07. The van der Waals surface area contributed by atoms with E-state index >= 15 is 0 Å². The predicted molar refractivity (Wildman–Crippen MR) is 50.0 cm³/mol. The summed E-state index contributed by atoms with van der Waals surface area (Å²) in [5, 5.41) is 3.13. The van der Waals surface area contributed by atoms with Gasteiger partial charge in [-0.1, -0.05) is 0 Å². The quantitative estimate of drug-likeness (QED) is 0.729. The molecule has 4 nitrogen and oxygen atoms in total. The minimum absolute atomic E-state index is 0.0895. The molecule has 96 valence electrons. The summed E-state index contributed by atoms with van der Waals surface area (Å²) in [5.74, 6) is 0. The Morgan fingerprint density at radius 3 is 2.69 bits per heavy atom. The first-order valence-corrected chi connectivity index (χ1v) is 5.12. The van der Waals surface area contributed by atoms with Gasteiger partial charge in [0.15, 0.2) is 0 Å². The van der Waals surface area contributed by atoms with Gasteiger partial charge in [0.1, 0.15) is 0 Å². The first-order valence-electron chi connectivity index (χ1n) is 5.12. The summed E-state index contributed by atoms with van der Waals surface area (Å²) in [6, 6.07) is 0. The van der Waals surface area contributed by atoms with Gasteiger partial charge in [0.25, 0.3) is 0 Å². The molecule has 1 aliphatic rings. The fraction of sp³-hybridized carbons (Fsp3) is 1.00. The predicted octanol–water partition coefficient (Wildman–Crippen LogP) is 0.916. The molecule has 0 radical (unpaired) electrons. The molecule has 0 aromatic carbocycles. The van der Waals surface area contributed by atoms with Crippen LogP contribution in [0, 0.1) is 0 Å². The third-order valence-electron chi connectivity index (χ3n) is 2.03. The number of alkyl halides is 3. The van der Waals surface area contributed by atoms with Crippen LogP contribution in [-0.4, -0.2) is 51.5 Å². The van der Waals surface area contributed by atoms with E-state index in [1.54, 1.807) is 0 Å². The molecule has 2 atom stereocenters. The molecule has 0 aromatic rings. The Morgan fingerprint density at radius 1 is 1.31 bits per heavy atom. The highest BCUT2D eigenvalue weighted by atomic mass is 19.4. The van der Waals surface area contributed by atoms with Crippen LogP contribution >= 0.6 is 0 Å². The van der Waals surface area contributed by atoms with E-state index in [-0.39, 0.29) is 25.4 Å². The molecular weight excluding hydrogens is 227 g/mol. The van der Waals surface area contributed by atoms with E-state index in [1.807, 2.05) is 6.92 Å². The molecule has 0 aromatic heterocycles. The second-order valence-corrected chi connectivity index (χ2v) is 3.60. The molecule has 1 aliphatic heterocycles. The second kappa shape index (κ2) is 6.39. The summed E-state index contributed by atoms with van der Waals surface area (Å²) in [4.78, 5) is 0. The van der Waals surface area contributed by atoms with E-state index in [2.05, 4.69) is 10.1 Å². The highest BCUT2D eigenvalue weighted by Gasteiger charge is 2.28. The van der Waals surface area contributed by atoms with E-state index in [0.29, 0.717) is 6.54 Å². The average molecular weight is 243 g/mol. The SMILES string of the molecule is CC1CNCC(COCCOC(F)(F)F)O1. The van der Waals surface area contributed by atoms with Crippen molar-refractivity contribution in [2.75, 3.05) is 32.9 Å². The molecule has 0 bridgehead atoms. The average Bonchev–Trinajstić information content (AvgIpc) is 2.15. The van der Waals surface area contributed by atoms with Gasteiger partial charge < -0.3 is 14.8 Å². The van der Waals surface area contributed by atoms with Crippen LogP contribution in [0.5, 0.6) is 0 Å². The van der Waals surface area contributed by atoms with Crippen molar-refractivity contribution in [3.8, 4) is 0 Å². The van der Waals surface area contributed by atoms with Gasteiger partial charge in [-0.2, -0.15) is 0 Å². The molecule has 7 heteroatoms. The summed E-state index contributed by atoms with van der Waals surface area (Å²) in [6.07, 6.45) is -4.58. The molecule has 0 aliphatic carbocycles. The van der Waals surface area contributed by atoms with Gasteiger partial charge in [-0.15, -0.1) is 13.2 Å². The zero-order chi connectivity index (χ0) is 12.0. The lowest BCUT2D eigenvalue weighted by Crippen LogP contribution is -2.45. The summed E-state index contributed by atoms with van der Waals surface area (Å²) < 4.78 is 48.8. The Bertz CT molecular complexity index is 201. The topological polar surface area (TPSA) is 39.7 Å². The van der Waals surface area contributed by atoms with Crippen LogP contribution in [-0.2, 0) is 14.2 Å². The Hall–Kier alpha value is -0.370. The molecule has 1 rings (SSSR count). The molecule has 2 unspecified atom stereocenters. The van der Waals surface area contributed by atoms with E-state index in [4.69, 9.17) is 9.47 Å². The number of hydrogen-bond acceptors (Lipinski definition) is 4. The number of ether oxygens (including phenoxy) is 3. The first-order chi connectivity index (χ1) is 7.47. The maximum absolute atomic E-state index is 11.6. The molecule has 0 saturated carbocycles. The van der Waals surface area contributed by atoms with Crippen LogP contribution in [0.25, 0.3) is 0 Å². The van der Waals surface area contributed by atoms with E-state index in [1.165, 1.54) is 0 Å². The van der Waals surface area contributed by atoms with Gasteiger partial charge >= 0.3 is 6.36 Å². The minimum atomic E-state index is -4.58. The monoisotopic (exact) mass is 243 g/mol. The van der Waals surface area contributed by atoms with Crippen molar-refractivity contribution in [2.24, 2.45) is 0 Å². The largest absolute Gasteiger partial charge is 0.522 e. The lowest BCUT2D eigenvalue weighted by Gasteiger charge is -2.28. The van der Waals surface area contributed by atoms with Gasteiger partial charge in [-0.3, -0.25) is 4.74 Å². The smallest absolute Gasteiger partial charge is 0.376 e. The van der Waals surface area contributed by atoms with Crippen molar-refractivity contribution in [1.29, 1.82) is 0 Å². The maximum Gasteiger partial charge on any atom is 0.522 e. The number of hydrogen-bond donors (Lipinski definition) is 1. The van der Waals surface area contributed by atoms with Gasteiger partial charge in [0.2, 0.25) is 0 Å². The molecule has 1 N–H and O–H groups in total. The lowest BCUT2D eigenvalue weighted by molar-refractivity contribution is -0.327. The number of halogens is 3. The van der Waals surface area contributed by atoms with Crippen LogP contribution in [0.2, 0.25) is 0 Å². The van der Waals surface area contributed by atoms with E-state index in [9.17, 15) is 13.2 Å². The van der Waals surface area contributed by atoms with E-state index in [0.717, 1.165) is 6.54 Å². The highest BCUT2D eigenvalue weighted by molar-refractivity contribution is 4.71. The van der Waals surface area contributed by atoms with Crippen molar-refractivity contribution < 1.29 is 27.4 Å². The Kier molecular flexibility index (Phi) is 5.47. The lowest BCUT2D eigenvalue weighted by atomic mass is 10.2. The zero-order valence-electron chi connectivity index (χ0n) is 9.05. The molecule has 1 heterocycles. The Labute approximate surface area is 92.0 Å². The van der Waals surface area contributed by atoms with Crippen molar-refractivity contribution in [3.63, 3.8) is 0 Å². The molecule has 16 heavy (non-hydrogen) atoms. The number of morpholine rings is 1. The van der Waals surface area contributed by atoms with Gasteiger partial charge in [0.05, 0.1) is 32.0 Å². The molecule has 1 fully saturated rings. The third kappa shape index (κ3) is 6.26. The van der Waals surface area contributed by atoms with Crippen LogP contribution < -0.4 is 5.32 Å². The standard InChI is InChI=1S/C9H16F3NO3/c1-7-4-13-5-8(16-7)6-14-2-3-15-9(10,11)12/h7-8,13H,2-6H2,1H3. The van der Waals surface area contributed by atoms with Gasteiger partial charge in [-0.05, 0) is 6.92 Å². The van der Waals surface area contributed by atoms with E-state index < -0.39 is 13.0 Å². The second-order valence-electron chi connectivity index (χ2n) is 3.60. The van der Waals surface area contributed by atoms with Crippen LogP contribution in [0.1, 0.15) is 6.92 Å². The van der Waals surface area contributed by atoms with Gasteiger partial charge in [-0.25, -0.2) is 0 Å². The van der Waals surface area contributed by atoms with Crippen molar-refractivity contribution in [3.05, 3.63) is 0 Å². The molecule has 0 spiro atoms. The Balaban J connectivity index is 1.98. The molecule has 1 saturated heterocycles. The number of nitrogens with one attached hydrogen (secondary N) is 1. The van der Waals surface area contributed by atoms with Crippen molar-refractivity contribution in [2.45, 2.75) is 25.5 Å². The van der Waals surface area contributed by atoms with Crippen LogP contribution in [0.15, 0.2) is 0 Å². The normalized spacial score (nSPS) is 27.0. The van der Waals surface area contributed by atoms with Crippen molar-refractivity contribution in [1.82, 2.24) is 5.32 Å². The fourth-order valence-corrected chi connectivity index (χ4v) is 1.40. The first kappa shape index (κ1) is 13.7.